The molecule has 2 N–H and O–H groups in total. The maximum atomic E-state index is 11.7. The van der Waals surface area contributed by atoms with Crippen molar-refractivity contribution < 1.29 is 4.79 Å². The van der Waals surface area contributed by atoms with Gasteiger partial charge in [-0.1, -0.05) is 48.2 Å². The molecule has 2 rings (SSSR count). The Morgan fingerprint density at radius 1 is 1.26 bits per heavy atom. The predicted molar refractivity (Wildman–Crippen MR) is 79.7 cm³/mol. The lowest BCUT2D eigenvalue weighted by atomic mass is 10.1. The van der Waals surface area contributed by atoms with E-state index in [1.54, 1.807) is 24.4 Å². The SMILES string of the molecule is O=C(N/C=C/C1CCCC1)Nc1cccc(Cl)c1Cl. The Morgan fingerprint density at radius 2 is 2.00 bits per heavy atom. The van der Waals surface area contributed by atoms with Crippen molar-refractivity contribution in [2.75, 3.05) is 5.32 Å². The highest BCUT2D eigenvalue weighted by atomic mass is 35.5. The first-order valence-corrected chi connectivity index (χ1v) is 7.10. The van der Waals surface area contributed by atoms with Crippen molar-refractivity contribution in [3.8, 4) is 0 Å². The molecule has 1 saturated carbocycles. The van der Waals surface area contributed by atoms with Crippen LogP contribution in [0.1, 0.15) is 25.7 Å². The molecule has 1 aliphatic carbocycles. The first-order chi connectivity index (χ1) is 9.16. The van der Waals surface area contributed by atoms with E-state index in [0.29, 0.717) is 21.7 Å². The van der Waals surface area contributed by atoms with Crippen LogP contribution in [0.5, 0.6) is 0 Å². The summed E-state index contributed by atoms with van der Waals surface area (Å²) in [6.45, 7) is 0. The number of nitrogens with one attached hydrogen (secondary N) is 2. The molecule has 3 nitrogen and oxygen atoms in total. The molecule has 1 aromatic rings. The Morgan fingerprint density at radius 3 is 2.74 bits per heavy atom. The summed E-state index contributed by atoms with van der Waals surface area (Å²) in [5, 5.41) is 6.10. The summed E-state index contributed by atoms with van der Waals surface area (Å²) < 4.78 is 0. The number of amides is 2. The van der Waals surface area contributed by atoms with Gasteiger partial charge in [-0.3, -0.25) is 0 Å². The van der Waals surface area contributed by atoms with Gasteiger partial charge in [0, 0.05) is 6.20 Å². The van der Waals surface area contributed by atoms with E-state index in [1.165, 1.54) is 25.7 Å². The zero-order valence-corrected chi connectivity index (χ0v) is 12.0. The van der Waals surface area contributed by atoms with Crippen LogP contribution in [0, 0.1) is 5.92 Å². The maximum absolute atomic E-state index is 11.7. The topological polar surface area (TPSA) is 41.1 Å². The van der Waals surface area contributed by atoms with E-state index < -0.39 is 0 Å². The number of urea groups is 1. The van der Waals surface area contributed by atoms with Crippen molar-refractivity contribution in [2.45, 2.75) is 25.7 Å². The molecule has 1 fully saturated rings. The predicted octanol–water partition coefficient (Wildman–Crippen LogP) is 4.82. The van der Waals surface area contributed by atoms with Gasteiger partial charge in [0.05, 0.1) is 15.7 Å². The third-order valence-corrected chi connectivity index (χ3v) is 4.00. The lowest BCUT2D eigenvalue weighted by molar-refractivity contribution is 0.255. The molecule has 5 heteroatoms. The van der Waals surface area contributed by atoms with Crippen LogP contribution < -0.4 is 10.6 Å². The zero-order chi connectivity index (χ0) is 13.7. The van der Waals surface area contributed by atoms with Gasteiger partial charge in [-0.25, -0.2) is 4.79 Å². The molecule has 19 heavy (non-hydrogen) atoms. The van der Waals surface area contributed by atoms with Crippen molar-refractivity contribution in [1.29, 1.82) is 0 Å². The highest BCUT2D eigenvalue weighted by molar-refractivity contribution is 6.43. The van der Waals surface area contributed by atoms with Gasteiger partial charge in [-0.2, -0.15) is 0 Å². The van der Waals surface area contributed by atoms with Gasteiger partial charge in [0.25, 0.3) is 0 Å². The lowest BCUT2D eigenvalue weighted by Gasteiger charge is -2.08. The number of halogens is 2. The van der Waals surface area contributed by atoms with E-state index in [-0.39, 0.29) is 6.03 Å². The van der Waals surface area contributed by atoms with Crippen molar-refractivity contribution in [1.82, 2.24) is 5.32 Å². The number of carbonyl (C=O) groups excluding carboxylic acids is 1. The van der Waals surface area contributed by atoms with Crippen LogP contribution in [-0.2, 0) is 0 Å². The highest BCUT2D eigenvalue weighted by Gasteiger charge is 2.11. The van der Waals surface area contributed by atoms with Gasteiger partial charge in [-0.15, -0.1) is 0 Å². The average Bonchev–Trinajstić information content (AvgIpc) is 2.88. The van der Waals surface area contributed by atoms with Crippen LogP contribution in [-0.4, -0.2) is 6.03 Å². The standard InChI is InChI=1S/C14H16Cl2N2O/c15-11-6-3-7-12(13(11)16)18-14(19)17-9-8-10-4-1-2-5-10/h3,6-10H,1-2,4-5H2,(H2,17,18,19)/b9-8+. The minimum absolute atomic E-state index is 0.321. The molecular formula is C14H16Cl2N2O. The van der Waals surface area contributed by atoms with Crippen molar-refractivity contribution in [2.24, 2.45) is 5.92 Å². The van der Waals surface area contributed by atoms with Crippen LogP contribution in [0.3, 0.4) is 0 Å². The molecular weight excluding hydrogens is 283 g/mol. The Labute approximate surface area is 123 Å². The van der Waals surface area contributed by atoms with E-state index in [9.17, 15) is 4.79 Å². The first kappa shape index (κ1) is 14.2. The molecule has 1 aromatic carbocycles. The summed E-state index contributed by atoms with van der Waals surface area (Å²) in [6, 6.07) is 4.79. The Bertz CT molecular complexity index is 482. The van der Waals surface area contributed by atoms with Crippen LogP contribution in [0.4, 0.5) is 10.5 Å². The van der Waals surface area contributed by atoms with Crippen molar-refractivity contribution in [3.63, 3.8) is 0 Å². The molecule has 0 heterocycles. The summed E-state index contributed by atoms with van der Waals surface area (Å²) in [5.41, 5.74) is 0.501. The quantitative estimate of drug-likeness (QED) is 0.825. The molecule has 0 spiro atoms. The smallest absolute Gasteiger partial charge is 0.315 e. The van der Waals surface area contributed by atoms with Gasteiger partial charge >= 0.3 is 6.03 Å². The first-order valence-electron chi connectivity index (χ1n) is 6.35. The van der Waals surface area contributed by atoms with Crippen LogP contribution >= 0.6 is 23.2 Å². The van der Waals surface area contributed by atoms with E-state index in [2.05, 4.69) is 10.6 Å². The summed E-state index contributed by atoms with van der Waals surface area (Å²) in [4.78, 5) is 11.7. The fourth-order valence-electron chi connectivity index (χ4n) is 2.17. The third kappa shape index (κ3) is 4.15. The van der Waals surface area contributed by atoms with Gasteiger partial charge in [0.15, 0.2) is 0 Å². The summed E-state index contributed by atoms with van der Waals surface area (Å²) in [6.07, 6.45) is 8.72. The number of allylic oxidation sites excluding steroid dienone is 1. The lowest BCUT2D eigenvalue weighted by Crippen LogP contribution is -2.24. The fourth-order valence-corrected chi connectivity index (χ4v) is 2.52. The van der Waals surface area contributed by atoms with E-state index in [4.69, 9.17) is 23.2 Å². The number of anilines is 1. The van der Waals surface area contributed by atoms with Gasteiger partial charge in [-0.05, 0) is 30.9 Å². The number of carbonyl (C=O) groups is 1. The van der Waals surface area contributed by atoms with Crippen molar-refractivity contribution in [3.05, 3.63) is 40.5 Å². The Balaban J connectivity index is 1.85. The van der Waals surface area contributed by atoms with E-state index in [1.807, 2.05) is 6.08 Å². The maximum Gasteiger partial charge on any atom is 0.323 e. The van der Waals surface area contributed by atoms with Gasteiger partial charge < -0.3 is 10.6 Å². The summed E-state index contributed by atoms with van der Waals surface area (Å²) in [5.74, 6) is 0.593. The number of benzene rings is 1. The van der Waals surface area contributed by atoms with Crippen molar-refractivity contribution >= 4 is 34.9 Å². The minimum Gasteiger partial charge on any atom is -0.315 e. The molecule has 0 unspecified atom stereocenters. The van der Waals surface area contributed by atoms with Gasteiger partial charge in [0.1, 0.15) is 0 Å². The van der Waals surface area contributed by atoms with Gasteiger partial charge in [0.2, 0.25) is 0 Å². The number of rotatable bonds is 3. The summed E-state index contributed by atoms with van der Waals surface area (Å²) >= 11 is 11.9. The molecule has 102 valence electrons. The normalized spacial score (nSPS) is 15.9. The third-order valence-electron chi connectivity index (χ3n) is 3.18. The van der Waals surface area contributed by atoms with Crippen LogP contribution in [0.25, 0.3) is 0 Å². The Kier molecular flexibility index (Phi) is 5.11. The molecule has 0 radical (unpaired) electrons. The largest absolute Gasteiger partial charge is 0.323 e. The number of hydrogen-bond donors (Lipinski definition) is 2. The molecule has 0 bridgehead atoms. The second kappa shape index (κ2) is 6.83. The number of hydrogen-bond acceptors (Lipinski definition) is 1. The second-order valence-corrected chi connectivity index (χ2v) is 5.39. The molecule has 0 aliphatic heterocycles. The van der Waals surface area contributed by atoms with E-state index in [0.717, 1.165) is 0 Å². The van der Waals surface area contributed by atoms with Crippen LogP contribution in [0.2, 0.25) is 10.0 Å². The molecule has 1 aliphatic rings. The Hall–Kier alpha value is -1.19. The van der Waals surface area contributed by atoms with E-state index >= 15 is 0 Å². The minimum atomic E-state index is -0.321. The average molecular weight is 299 g/mol. The fraction of sp³-hybridized carbons (Fsp3) is 0.357. The molecule has 0 aromatic heterocycles. The molecule has 2 amide bonds. The second-order valence-electron chi connectivity index (χ2n) is 4.60. The molecule has 0 atom stereocenters. The zero-order valence-electron chi connectivity index (χ0n) is 10.5. The monoisotopic (exact) mass is 298 g/mol. The molecule has 0 saturated heterocycles. The van der Waals surface area contributed by atoms with Crippen LogP contribution in [0.15, 0.2) is 30.5 Å². The highest BCUT2D eigenvalue weighted by Crippen LogP contribution is 2.29. The summed E-state index contributed by atoms with van der Waals surface area (Å²) in [7, 11) is 0.